The highest BCUT2D eigenvalue weighted by molar-refractivity contribution is 14.0. The molecule has 2 N–H and O–H groups in total. The molecule has 162 valence electrons. The van der Waals surface area contributed by atoms with Gasteiger partial charge in [-0.15, -0.1) is 24.0 Å². The fourth-order valence-corrected chi connectivity index (χ4v) is 3.63. The van der Waals surface area contributed by atoms with Crippen molar-refractivity contribution in [1.29, 1.82) is 0 Å². The predicted octanol–water partition coefficient (Wildman–Crippen LogP) is 3.74. The number of nitrogens with zero attached hydrogens (tertiary/aromatic N) is 4. The Kier molecular flexibility index (Phi) is 10.1. The molecule has 30 heavy (non-hydrogen) atoms. The highest BCUT2D eigenvalue weighted by atomic mass is 127. The molecule has 0 bridgehead atoms. The van der Waals surface area contributed by atoms with Crippen LogP contribution in [-0.4, -0.2) is 53.5 Å². The molecular formula is C23H33IN6. The van der Waals surface area contributed by atoms with Crippen LogP contribution in [0.5, 0.6) is 0 Å². The monoisotopic (exact) mass is 520 g/mol. The van der Waals surface area contributed by atoms with Crippen molar-refractivity contribution in [3.05, 3.63) is 72.2 Å². The van der Waals surface area contributed by atoms with Crippen molar-refractivity contribution in [2.24, 2.45) is 4.99 Å². The zero-order valence-corrected chi connectivity index (χ0v) is 20.4. The van der Waals surface area contributed by atoms with Crippen LogP contribution >= 0.6 is 24.0 Å². The summed E-state index contributed by atoms with van der Waals surface area (Å²) in [4.78, 5) is 11.5. The molecule has 1 aromatic carbocycles. The molecule has 0 radical (unpaired) electrons. The molecule has 7 heteroatoms. The fraction of sp³-hybridized carbons (Fsp3) is 0.391. The second kappa shape index (κ2) is 12.5. The van der Waals surface area contributed by atoms with Crippen molar-refractivity contribution in [3.8, 4) is 0 Å². The number of fused-ring (bicyclic) bond motifs is 1. The molecule has 0 spiro atoms. The Morgan fingerprint density at radius 1 is 1.07 bits per heavy atom. The first-order chi connectivity index (χ1) is 14.2. The largest absolute Gasteiger partial charge is 0.356 e. The molecule has 1 unspecified atom stereocenters. The van der Waals surface area contributed by atoms with Gasteiger partial charge < -0.3 is 15.0 Å². The quantitative estimate of drug-likeness (QED) is 0.257. The third-order valence-corrected chi connectivity index (χ3v) is 5.21. The standard InChI is InChI=1S/C23H32N6.HI/c1-4-28(5-2)21(19-11-7-6-8-12-19)17-26-23(24-3)25-15-14-20-18-29-16-10-9-13-22(29)27-20;/h6-13,16,18,21H,4-5,14-15,17H2,1-3H3,(H2,24,25,26);1H. The van der Waals surface area contributed by atoms with Gasteiger partial charge in [0.25, 0.3) is 0 Å². The number of halogens is 1. The molecule has 0 fully saturated rings. The Hall–Kier alpha value is -2.13. The number of rotatable bonds is 9. The average Bonchev–Trinajstić information content (AvgIpc) is 3.18. The van der Waals surface area contributed by atoms with E-state index in [1.165, 1.54) is 5.56 Å². The van der Waals surface area contributed by atoms with E-state index in [0.717, 1.165) is 49.9 Å². The lowest BCUT2D eigenvalue weighted by Crippen LogP contribution is -2.43. The first-order valence-corrected chi connectivity index (χ1v) is 10.4. The van der Waals surface area contributed by atoms with E-state index in [4.69, 9.17) is 0 Å². The minimum absolute atomic E-state index is 0. The number of aromatic nitrogens is 2. The van der Waals surface area contributed by atoms with E-state index < -0.39 is 0 Å². The third kappa shape index (κ3) is 6.43. The summed E-state index contributed by atoms with van der Waals surface area (Å²) in [5, 5.41) is 6.92. The molecule has 0 amide bonds. The van der Waals surface area contributed by atoms with Crippen LogP contribution in [0.2, 0.25) is 0 Å². The van der Waals surface area contributed by atoms with Crippen molar-refractivity contribution in [3.63, 3.8) is 0 Å². The number of hydrogen-bond acceptors (Lipinski definition) is 3. The Bertz CT molecular complexity index is 871. The van der Waals surface area contributed by atoms with Gasteiger partial charge in [-0.3, -0.25) is 9.89 Å². The van der Waals surface area contributed by atoms with E-state index in [2.05, 4.69) is 80.3 Å². The normalized spacial score (nSPS) is 12.6. The van der Waals surface area contributed by atoms with Gasteiger partial charge in [0.05, 0.1) is 11.7 Å². The van der Waals surface area contributed by atoms with Crippen LogP contribution in [0.3, 0.4) is 0 Å². The van der Waals surface area contributed by atoms with E-state index in [1.54, 1.807) is 0 Å². The van der Waals surface area contributed by atoms with Gasteiger partial charge in [0, 0.05) is 39.0 Å². The summed E-state index contributed by atoms with van der Waals surface area (Å²) in [7, 11) is 1.81. The van der Waals surface area contributed by atoms with Gasteiger partial charge in [-0.2, -0.15) is 0 Å². The molecular weight excluding hydrogens is 487 g/mol. The summed E-state index contributed by atoms with van der Waals surface area (Å²) >= 11 is 0. The van der Waals surface area contributed by atoms with Gasteiger partial charge in [-0.05, 0) is 30.8 Å². The van der Waals surface area contributed by atoms with Crippen LogP contribution in [0.1, 0.15) is 31.1 Å². The van der Waals surface area contributed by atoms with E-state index in [9.17, 15) is 0 Å². The van der Waals surface area contributed by atoms with E-state index >= 15 is 0 Å². The Labute approximate surface area is 196 Å². The van der Waals surface area contributed by atoms with E-state index in [-0.39, 0.29) is 24.0 Å². The second-order valence-electron chi connectivity index (χ2n) is 6.98. The number of aliphatic imine (C=N–C) groups is 1. The van der Waals surface area contributed by atoms with Gasteiger partial charge in [0.15, 0.2) is 5.96 Å². The molecule has 2 aromatic heterocycles. The minimum atomic E-state index is 0. The molecule has 0 saturated heterocycles. The van der Waals surface area contributed by atoms with Crippen molar-refractivity contribution in [2.75, 3.05) is 33.2 Å². The maximum Gasteiger partial charge on any atom is 0.191 e. The Morgan fingerprint density at radius 2 is 1.80 bits per heavy atom. The lowest BCUT2D eigenvalue weighted by Gasteiger charge is -2.30. The zero-order chi connectivity index (χ0) is 20.5. The summed E-state index contributed by atoms with van der Waals surface area (Å²) < 4.78 is 2.05. The van der Waals surface area contributed by atoms with Gasteiger partial charge in [-0.25, -0.2) is 4.98 Å². The molecule has 1 atom stereocenters. The average molecular weight is 520 g/mol. The molecule has 0 aliphatic heterocycles. The molecule has 6 nitrogen and oxygen atoms in total. The first kappa shape index (κ1) is 24.1. The maximum absolute atomic E-state index is 4.65. The molecule has 0 aliphatic carbocycles. The number of hydrogen-bond donors (Lipinski definition) is 2. The smallest absolute Gasteiger partial charge is 0.191 e. The van der Waals surface area contributed by atoms with Crippen LogP contribution in [-0.2, 0) is 6.42 Å². The van der Waals surface area contributed by atoms with Crippen molar-refractivity contribution in [2.45, 2.75) is 26.3 Å². The summed E-state index contributed by atoms with van der Waals surface area (Å²) in [5.41, 5.74) is 3.38. The molecule has 0 saturated carbocycles. The summed E-state index contributed by atoms with van der Waals surface area (Å²) in [6.07, 6.45) is 4.95. The molecule has 3 aromatic rings. The highest BCUT2D eigenvalue weighted by Gasteiger charge is 2.18. The summed E-state index contributed by atoms with van der Waals surface area (Å²) in [5.74, 6) is 0.821. The van der Waals surface area contributed by atoms with Crippen LogP contribution in [0.25, 0.3) is 5.65 Å². The van der Waals surface area contributed by atoms with Gasteiger partial charge in [0.1, 0.15) is 5.65 Å². The lowest BCUT2D eigenvalue weighted by atomic mass is 10.1. The van der Waals surface area contributed by atoms with Crippen LogP contribution in [0, 0.1) is 0 Å². The van der Waals surface area contributed by atoms with E-state index in [1.807, 2.05) is 31.4 Å². The van der Waals surface area contributed by atoms with Crippen molar-refractivity contribution >= 4 is 35.6 Å². The number of pyridine rings is 1. The predicted molar refractivity (Wildman–Crippen MR) is 136 cm³/mol. The SMILES string of the molecule is CCN(CC)C(CNC(=NC)NCCc1cn2ccccc2n1)c1ccccc1.I. The Balaban J connectivity index is 0.00000320. The topological polar surface area (TPSA) is 57.0 Å². The summed E-state index contributed by atoms with van der Waals surface area (Å²) in [6.45, 7) is 8.03. The Morgan fingerprint density at radius 3 is 2.47 bits per heavy atom. The number of imidazole rings is 1. The van der Waals surface area contributed by atoms with Crippen molar-refractivity contribution < 1.29 is 0 Å². The van der Waals surface area contributed by atoms with Gasteiger partial charge in [0.2, 0.25) is 0 Å². The second-order valence-corrected chi connectivity index (χ2v) is 6.98. The number of nitrogens with one attached hydrogen (secondary N) is 2. The molecule has 3 rings (SSSR count). The maximum atomic E-state index is 4.65. The third-order valence-electron chi connectivity index (χ3n) is 5.21. The number of benzene rings is 1. The molecule has 2 heterocycles. The van der Waals surface area contributed by atoms with E-state index in [0.29, 0.717) is 6.04 Å². The van der Waals surface area contributed by atoms with Gasteiger partial charge >= 0.3 is 0 Å². The number of likely N-dealkylation sites (N-methyl/N-ethyl adjacent to an activating group) is 1. The van der Waals surface area contributed by atoms with Crippen molar-refractivity contribution in [1.82, 2.24) is 24.9 Å². The summed E-state index contributed by atoms with van der Waals surface area (Å²) in [6, 6.07) is 17.0. The highest BCUT2D eigenvalue weighted by Crippen LogP contribution is 2.19. The van der Waals surface area contributed by atoms with Crippen LogP contribution in [0.4, 0.5) is 0 Å². The van der Waals surface area contributed by atoms with Crippen LogP contribution in [0.15, 0.2) is 65.9 Å². The van der Waals surface area contributed by atoms with Crippen LogP contribution < -0.4 is 10.6 Å². The number of guanidine groups is 1. The molecule has 0 aliphatic rings. The minimum Gasteiger partial charge on any atom is -0.356 e. The zero-order valence-electron chi connectivity index (χ0n) is 18.1. The lowest BCUT2D eigenvalue weighted by molar-refractivity contribution is 0.219. The van der Waals surface area contributed by atoms with Gasteiger partial charge in [-0.1, -0.05) is 50.2 Å². The fourth-order valence-electron chi connectivity index (χ4n) is 3.63. The first-order valence-electron chi connectivity index (χ1n) is 10.4.